The van der Waals surface area contributed by atoms with Gasteiger partial charge in [-0.2, -0.15) is 26.3 Å². The fourth-order valence-corrected chi connectivity index (χ4v) is 1.37. The van der Waals surface area contributed by atoms with Crippen molar-refractivity contribution in [3.63, 3.8) is 0 Å². The average molecular weight is 258 g/mol. The van der Waals surface area contributed by atoms with E-state index in [4.69, 9.17) is 0 Å². The number of hydrogen-bond acceptors (Lipinski definition) is 1. The molecule has 1 atom stereocenters. The van der Waals surface area contributed by atoms with Crippen LogP contribution in [0.15, 0.2) is 30.3 Å². The summed E-state index contributed by atoms with van der Waals surface area (Å²) < 4.78 is 74.0. The van der Waals surface area contributed by atoms with E-state index in [1.165, 1.54) is 6.07 Å². The molecular weight excluding hydrogens is 250 g/mol. The summed E-state index contributed by atoms with van der Waals surface area (Å²) in [6.07, 6.45) is -12.9. The molecule has 0 fully saturated rings. The molecule has 0 bridgehead atoms. The van der Waals surface area contributed by atoms with Crippen molar-refractivity contribution in [1.29, 1.82) is 0 Å². The SMILES string of the molecule is OC(CC(F)(F)F)(c1ccccc1)C(F)(F)F. The van der Waals surface area contributed by atoms with Crippen molar-refractivity contribution in [3.05, 3.63) is 35.9 Å². The number of hydrogen-bond donors (Lipinski definition) is 1. The predicted molar refractivity (Wildman–Crippen MR) is 47.1 cm³/mol. The number of rotatable bonds is 2. The lowest BCUT2D eigenvalue weighted by Gasteiger charge is -2.31. The third-order valence-electron chi connectivity index (χ3n) is 2.18. The maximum absolute atomic E-state index is 12.6. The fraction of sp³-hybridized carbons (Fsp3) is 0.400. The maximum atomic E-state index is 12.6. The molecule has 1 aromatic carbocycles. The molecule has 0 saturated heterocycles. The molecule has 0 aromatic heterocycles. The van der Waals surface area contributed by atoms with Gasteiger partial charge in [-0.15, -0.1) is 0 Å². The zero-order valence-electron chi connectivity index (χ0n) is 8.31. The first-order valence-corrected chi connectivity index (χ1v) is 4.48. The number of halogens is 6. The molecule has 0 saturated carbocycles. The third kappa shape index (κ3) is 3.12. The summed E-state index contributed by atoms with van der Waals surface area (Å²) >= 11 is 0. The topological polar surface area (TPSA) is 20.2 Å². The van der Waals surface area contributed by atoms with Gasteiger partial charge in [0, 0.05) is 0 Å². The minimum absolute atomic E-state index is 0.805. The lowest BCUT2D eigenvalue weighted by Crippen LogP contribution is -2.45. The minimum atomic E-state index is -5.40. The normalized spacial score (nSPS) is 16.6. The van der Waals surface area contributed by atoms with E-state index in [2.05, 4.69) is 0 Å². The second-order valence-electron chi connectivity index (χ2n) is 3.52. The van der Waals surface area contributed by atoms with Crippen LogP contribution in [0, 0.1) is 0 Å². The molecule has 1 aromatic rings. The largest absolute Gasteiger partial charge is 0.421 e. The second kappa shape index (κ2) is 4.21. The van der Waals surface area contributed by atoms with Crippen molar-refractivity contribution in [2.24, 2.45) is 0 Å². The Balaban J connectivity index is 3.22. The van der Waals surface area contributed by atoms with Crippen LogP contribution in [0.1, 0.15) is 12.0 Å². The molecule has 0 aliphatic heterocycles. The monoisotopic (exact) mass is 258 g/mol. The Kier molecular flexibility index (Phi) is 3.42. The highest BCUT2D eigenvalue weighted by Gasteiger charge is 2.59. The molecule has 0 spiro atoms. The van der Waals surface area contributed by atoms with Crippen molar-refractivity contribution in [1.82, 2.24) is 0 Å². The molecule has 0 radical (unpaired) electrons. The molecule has 0 aliphatic rings. The highest BCUT2D eigenvalue weighted by molar-refractivity contribution is 5.24. The van der Waals surface area contributed by atoms with Crippen LogP contribution in [0.2, 0.25) is 0 Å². The van der Waals surface area contributed by atoms with Gasteiger partial charge in [-0.05, 0) is 5.56 Å². The van der Waals surface area contributed by atoms with Gasteiger partial charge in [0.15, 0.2) is 5.60 Å². The maximum Gasteiger partial charge on any atom is 0.421 e. The minimum Gasteiger partial charge on any atom is -0.376 e. The van der Waals surface area contributed by atoms with Gasteiger partial charge < -0.3 is 5.11 Å². The summed E-state index contributed by atoms with van der Waals surface area (Å²) in [6, 6.07) is 5.21. The third-order valence-corrected chi connectivity index (χ3v) is 2.18. The smallest absolute Gasteiger partial charge is 0.376 e. The van der Waals surface area contributed by atoms with E-state index in [0.29, 0.717) is 0 Å². The quantitative estimate of drug-likeness (QED) is 0.806. The standard InChI is InChI=1S/C10H8F6O/c11-9(12,13)6-8(17,10(14,15)16)7-4-2-1-3-5-7/h1-5,17H,6H2. The summed E-state index contributed by atoms with van der Waals surface area (Å²) in [4.78, 5) is 0. The van der Waals surface area contributed by atoms with Crippen LogP contribution < -0.4 is 0 Å². The molecular formula is C10H8F6O. The van der Waals surface area contributed by atoms with Gasteiger partial charge in [0.2, 0.25) is 0 Å². The van der Waals surface area contributed by atoms with Crippen molar-refractivity contribution < 1.29 is 31.4 Å². The van der Waals surface area contributed by atoms with Crippen LogP contribution in [0.25, 0.3) is 0 Å². The van der Waals surface area contributed by atoms with Crippen molar-refractivity contribution in [2.75, 3.05) is 0 Å². The van der Waals surface area contributed by atoms with Crippen molar-refractivity contribution >= 4 is 0 Å². The first-order chi connectivity index (χ1) is 7.56. The van der Waals surface area contributed by atoms with Crippen molar-refractivity contribution in [3.8, 4) is 0 Å². The Hall–Kier alpha value is -1.24. The molecule has 96 valence electrons. The van der Waals surface area contributed by atoms with Crippen LogP contribution in [-0.2, 0) is 5.60 Å². The molecule has 1 nitrogen and oxygen atoms in total. The lowest BCUT2D eigenvalue weighted by molar-refractivity contribution is -0.300. The van der Waals surface area contributed by atoms with Gasteiger partial charge in [0.1, 0.15) is 0 Å². The van der Waals surface area contributed by atoms with Crippen LogP contribution in [0.5, 0.6) is 0 Å². The molecule has 1 rings (SSSR count). The predicted octanol–water partition coefficient (Wildman–Crippen LogP) is 3.39. The van der Waals surface area contributed by atoms with E-state index in [1.807, 2.05) is 0 Å². The van der Waals surface area contributed by atoms with E-state index in [1.54, 1.807) is 0 Å². The van der Waals surface area contributed by atoms with Gasteiger partial charge in [-0.25, -0.2) is 0 Å². The van der Waals surface area contributed by atoms with Crippen LogP contribution in [-0.4, -0.2) is 17.5 Å². The van der Waals surface area contributed by atoms with Crippen LogP contribution >= 0.6 is 0 Å². The van der Waals surface area contributed by atoms with E-state index < -0.39 is 29.9 Å². The summed E-state index contributed by atoms with van der Waals surface area (Å²) in [7, 11) is 0. The lowest BCUT2D eigenvalue weighted by atomic mass is 9.89. The zero-order chi connectivity index (χ0) is 13.3. The zero-order valence-corrected chi connectivity index (χ0v) is 8.31. The summed E-state index contributed by atoms with van der Waals surface area (Å²) in [5.41, 5.74) is -4.74. The average Bonchev–Trinajstić information content (AvgIpc) is 2.14. The van der Waals surface area contributed by atoms with E-state index in [-0.39, 0.29) is 0 Å². The molecule has 0 amide bonds. The van der Waals surface area contributed by atoms with E-state index in [9.17, 15) is 31.4 Å². The summed E-state index contributed by atoms with van der Waals surface area (Å²) in [5, 5.41) is 9.31. The Morgan fingerprint density at radius 1 is 0.882 bits per heavy atom. The second-order valence-corrected chi connectivity index (χ2v) is 3.52. The van der Waals surface area contributed by atoms with Gasteiger partial charge >= 0.3 is 12.4 Å². The van der Waals surface area contributed by atoms with Crippen molar-refractivity contribution in [2.45, 2.75) is 24.4 Å². The summed E-state index contributed by atoms with van der Waals surface area (Å²) in [6.45, 7) is 0. The molecule has 1 N–H and O–H groups in total. The highest BCUT2D eigenvalue weighted by atomic mass is 19.4. The first-order valence-electron chi connectivity index (χ1n) is 4.48. The summed E-state index contributed by atoms with van der Waals surface area (Å²) in [5.74, 6) is 0. The molecule has 0 aliphatic carbocycles. The van der Waals surface area contributed by atoms with Gasteiger partial charge in [0.25, 0.3) is 0 Å². The van der Waals surface area contributed by atoms with Crippen LogP contribution in [0.4, 0.5) is 26.3 Å². The highest BCUT2D eigenvalue weighted by Crippen LogP contribution is 2.45. The van der Waals surface area contributed by atoms with E-state index in [0.717, 1.165) is 24.3 Å². The number of aliphatic hydroxyl groups is 1. The van der Waals surface area contributed by atoms with Gasteiger partial charge in [-0.1, -0.05) is 30.3 Å². The number of alkyl halides is 6. The Bertz CT molecular complexity index is 369. The van der Waals surface area contributed by atoms with Gasteiger partial charge in [0.05, 0.1) is 6.42 Å². The molecule has 0 heterocycles. The van der Waals surface area contributed by atoms with E-state index >= 15 is 0 Å². The number of benzene rings is 1. The first kappa shape index (κ1) is 13.8. The Morgan fingerprint density at radius 3 is 1.71 bits per heavy atom. The Labute approximate surface area is 92.7 Å². The molecule has 1 unspecified atom stereocenters. The molecule has 17 heavy (non-hydrogen) atoms. The Morgan fingerprint density at radius 2 is 1.35 bits per heavy atom. The van der Waals surface area contributed by atoms with Gasteiger partial charge in [-0.3, -0.25) is 0 Å². The molecule has 7 heteroatoms. The fourth-order valence-electron chi connectivity index (χ4n) is 1.37. The van der Waals surface area contributed by atoms with Crippen LogP contribution in [0.3, 0.4) is 0 Å².